The highest BCUT2D eigenvalue weighted by Gasteiger charge is 2.21. The van der Waals surface area contributed by atoms with E-state index in [9.17, 15) is 4.79 Å². The number of nitrogens with one attached hydrogen (secondary N) is 1. The summed E-state index contributed by atoms with van der Waals surface area (Å²) in [5.74, 6) is 0.925. The molecule has 1 aliphatic heterocycles. The van der Waals surface area contributed by atoms with Gasteiger partial charge in [0.1, 0.15) is 5.75 Å². The van der Waals surface area contributed by atoms with Crippen molar-refractivity contribution in [1.29, 1.82) is 0 Å². The monoisotopic (exact) mass is 267 g/mol. The first-order chi connectivity index (χ1) is 8.70. The minimum absolute atomic E-state index is 0.0141. The molecule has 0 aliphatic carbocycles. The second kappa shape index (κ2) is 6.10. The van der Waals surface area contributed by atoms with E-state index < -0.39 is 0 Å². The van der Waals surface area contributed by atoms with Crippen molar-refractivity contribution < 1.29 is 9.53 Å². The Balaban J connectivity index is 2.20. The molecule has 0 aromatic heterocycles. The van der Waals surface area contributed by atoms with Crippen molar-refractivity contribution in [3.05, 3.63) is 28.8 Å². The molecule has 3 nitrogen and oxygen atoms in total. The highest BCUT2D eigenvalue weighted by molar-refractivity contribution is 6.30. The predicted molar refractivity (Wildman–Crippen MR) is 72.0 cm³/mol. The predicted octanol–water partition coefficient (Wildman–Crippen LogP) is 3.47. The third kappa shape index (κ3) is 3.16. The molecule has 1 atom stereocenters. The van der Waals surface area contributed by atoms with E-state index in [-0.39, 0.29) is 11.9 Å². The van der Waals surface area contributed by atoms with Crippen molar-refractivity contribution in [2.45, 2.75) is 38.6 Å². The number of amides is 1. The molecule has 0 fully saturated rings. The van der Waals surface area contributed by atoms with Crippen LogP contribution in [-0.2, 0) is 4.79 Å². The van der Waals surface area contributed by atoms with Crippen molar-refractivity contribution in [1.82, 2.24) is 5.32 Å². The van der Waals surface area contributed by atoms with Gasteiger partial charge in [-0.2, -0.15) is 0 Å². The molecular weight excluding hydrogens is 250 g/mol. The summed E-state index contributed by atoms with van der Waals surface area (Å²) >= 11 is 6.02. The summed E-state index contributed by atoms with van der Waals surface area (Å²) in [6.07, 6.45) is 3.25. The van der Waals surface area contributed by atoms with Crippen LogP contribution in [0.4, 0.5) is 0 Å². The first-order valence-corrected chi connectivity index (χ1v) is 6.80. The topological polar surface area (TPSA) is 38.3 Å². The largest absolute Gasteiger partial charge is 0.493 e. The van der Waals surface area contributed by atoms with Crippen LogP contribution in [0.15, 0.2) is 18.2 Å². The summed E-state index contributed by atoms with van der Waals surface area (Å²) in [5, 5.41) is 3.74. The Morgan fingerprint density at radius 2 is 2.39 bits per heavy atom. The molecule has 1 aromatic carbocycles. The number of carbonyl (C=O) groups is 1. The van der Waals surface area contributed by atoms with E-state index in [4.69, 9.17) is 16.3 Å². The SMILES string of the molecule is CCCC(=O)NC1CCCOc2ccc(Cl)cc21. The maximum atomic E-state index is 11.7. The van der Waals surface area contributed by atoms with Gasteiger partial charge in [0, 0.05) is 17.0 Å². The summed E-state index contributed by atoms with van der Waals surface area (Å²) in [6, 6.07) is 5.60. The average molecular weight is 268 g/mol. The maximum absolute atomic E-state index is 11.7. The van der Waals surface area contributed by atoms with Crippen molar-refractivity contribution in [3.63, 3.8) is 0 Å². The Bertz CT molecular complexity index is 434. The molecule has 1 heterocycles. The van der Waals surface area contributed by atoms with E-state index in [0.29, 0.717) is 18.1 Å². The standard InChI is InChI=1S/C14H18ClNO2/c1-2-4-14(17)16-12-5-3-8-18-13-7-6-10(15)9-11(12)13/h6-7,9,12H,2-5,8H2,1H3,(H,16,17). The normalized spacial score (nSPS) is 18.4. The number of hydrogen-bond acceptors (Lipinski definition) is 2. The van der Waals surface area contributed by atoms with Gasteiger partial charge < -0.3 is 10.1 Å². The smallest absolute Gasteiger partial charge is 0.220 e. The van der Waals surface area contributed by atoms with E-state index in [2.05, 4.69) is 5.32 Å². The molecule has 4 heteroatoms. The number of ether oxygens (including phenoxy) is 1. The van der Waals surface area contributed by atoms with Crippen LogP contribution in [0, 0.1) is 0 Å². The van der Waals surface area contributed by atoms with E-state index in [0.717, 1.165) is 30.6 Å². The van der Waals surface area contributed by atoms with Crippen LogP contribution < -0.4 is 10.1 Å². The third-order valence-corrected chi connectivity index (χ3v) is 3.29. The average Bonchev–Trinajstić information content (AvgIpc) is 2.52. The fourth-order valence-electron chi connectivity index (χ4n) is 2.19. The quantitative estimate of drug-likeness (QED) is 0.911. The van der Waals surface area contributed by atoms with Gasteiger partial charge in [-0.05, 0) is 37.5 Å². The van der Waals surface area contributed by atoms with Crippen LogP contribution in [0.3, 0.4) is 0 Å². The summed E-state index contributed by atoms with van der Waals surface area (Å²) in [5.41, 5.74) is 0.990. The van der Waals surface area contributed by atoms with Gasteiger partial charge in [-0.1, -0.05) is 18.5 Å². The third-order valence-electron chi connectivity index (χ3n) is 3.05. The first-order valence-electron chi connectivity index (χ1n) is 6.42. The van der Waals surface area contributed by atoms with Crippen LogP contribution in [-0.4, -0.2) is 12.5 Å². The van der Waals surface area contributed by atoms with Gasteiger partial charge in [-0.3, -0.25) is 4.79 Å². The van der Waals surface area contributed by atoms with Gasteiger partial charge >= 0.3 is 0 Å². The molecule has 0 bridgehead atoms. The molecule has 1 aliphatic rings. The minimum Gasteiger partial charge on any atom is -0.493 e. The van der Waals surface area contributed by atoms with Crippen LogP contribution >= 0.6 is 11.6 Å². The lowest BCUT2D eigenvalue weighted by Gasteiger charge is -2.18. The van der Waals surface area contributed by atoms with Crippen LogP contribution in [0.25, 0.3) is 0 Å². The molecule has 0 radical (unpaired) electrons. The zero-order valence-electron chi connectivity index (χ0n) is 10.5. The Labute approximate surface area is 112 Å². The number of hydrogen-bond donors (Lipinski definition) is 1. The Morgan fingerprint density at radius 3 is 3.17 bits per heavy atom. The van der Waals surface area contributed by atoms with E-state index in [1.54, 1.807) is 0 Å². The van der Waals surface area contributed by atoms with Crippen molar-refractivity contribution in [2.24, 2.45) is 0 Å². The number of benzene rings is 1. The molecule has 1 N–H and O–H groups in total. The highest BCUT2D eigenvalue weighted by atomic mass is 35.5. The Morgan fingerprint density at radius 1 is 1.56 bits per heavy atom. The summed E-state index contributed by atoms with van der Waals surface area (Å²) in [7, 11) is 0. The molecule has 1 amide bonds. The number of carbonyl (C=O) groups excluding carboxylic acids is 1. The molecule has 2 rings (SSSR count). The fraction of sp³-hybridized carbons (Fsp3) is 0.500. The summed E-state index contributed by atoms with van der Waals surface area (Å²) in [4.78, 5) is 11.7. The molecule has 0 saturated carbocycles. The van der Waals surface area contributed by atoms with E-state index in [1.165, 1.54) is 0 Å². The van der Waals surface area contributed by atoms with Crippen LogP contribution in [0.2, 0.25) is 5.02 Å². The zero-order chi connectivity index (χ0) is 13.0. The number of fused-ring (bicyclic) bond motifs is 1. The van der Waals surface area contributed by atoms with E-state index in [1.807, 2.05) is 25.1 Å². The summed E-state index contributed by atoms with van der Waals surface area (Å²) in [6.45, 7) is 2.69. The molecule has 0 saturated heterocycles. The van der Waals surface area contributed by atoms with E-state index >= 15 is 0 Å². The Hall–Kier alpha value is -1.22. The lowest BCUT2D eigenvalue weighted by atomic mass is 10.0. The second-order valence-electron chi connectivity index (χ2n) is 4.54. The molecule has 18 heavy (non-hydrogen) atoms. The van der Waals surface area contributed by atoms with Crippen molar-refractivity contribution in [3.8, 4) is 5.75 Å². The van der Waals surface area contributed by atoms with Gasteiger partial charge in [0.05, 0.1) is 12.6 Å². The molecule has 1 unspecified atom stereocenters. The number of halogens is 1. The Kier molecular flexibility index (Phi) is 4.48. The molecule has 1 aromatic rings. The van der Waals surface area contributed by atoms with Gasteiger partial charge in [0.25, 0.3) is 0 Å². The second-order valence-corrected chi connectivity index (χ2v) is 4.98. The zero-order valence-corrected chi connectivity index (χ0v) is 11.3. The van der Waals surface area contributed by atoms with Crippen LogP contribution in [0.1, 0.15) is 44.2 Å². The minimum atomic E-state index is 0.0141. The molecule has 0 spiro atoms. The fourth-order valence-corrected chi connectivity index (χ4v) is 2.37. The first kappa shape index (κ1) is 13.2. The van der Waals surface area contributed by atoms with Gasteiger partial charge in [0.15, 0.2) is 0 Å². The van der Waals surface area contributed by atoms with Gasteiger partial charge in [-0.25, -0.2) is 0 Å². The van der Waals surface area contributed by atoms with Crippen LogP contribution in [0.5, 0.6) is 5.75 Å². The lowest BCUT2D eigenvalue weighted by molar-refractivity contribution is -0.121. The van der Waals surface area contributed by atoms with Gasteiger partial charge in [0.2, 0.25) is 5.91 Å². The maximum Gasteiger partial charge on any atom is 0.220 e. The van der Waals surface area contributed by atoms with Crippen molar-refractivity contribution >= 4 is 17.5 Å². The molecular formula is C14H18ClNO2. The molecule has 98 valence electrons. The van der Waals surface area contributed by atoms with Gasteiger partial charge in [-0.15, -0.1) is 0 Å². The number of rotatable bonds is 3. The summed E-state index contributed by atoms with van der Waals surface area (Å²) < 4.78 is 5.67. The highest BCUT2D eigenvalue weighted by Crippen LogP contribution is 2.33. The van der Waals surface area contributed by atoms with Crippen molar-refractivity contribution in [2.75, 3.05) is 6.61 Å². The lowest BCUT2D eigenvalue weighted by Crippen LogP contribution is -2.27.